The molecule has 1 amide bonds. The summed E-state index contributed by atoms with van der Waals surface area (Å²) in [6.07, 6.45) is -3.77. The van der Waals surface area contributed by atoms with Gasteiger partial charge in [0.05, 0.1) is 35.5 Å². The zero-order valence-corrected chi connectivity index (χ0v) is 13.4. The second-order valence-electron chi connectivity index (χ2n) is 5.38. The molecule has 10 heteroatoms. The Morgan fingerprint density at radius 2 is 2.12 bits per heavy atom. The van der Waals surface area contributed by atoms with Gasteiger partial charge in [-0.3, -0.25) is 14.3 Å². The summed E-state index contributed by atoms with van der Waals surface area (Å²) in [6, 6.07) is 4.10. The van der Waals surface area contributed by atoms with Crippen molar-refractivity contribution in [1.82, 2.24) is 9.78 Å². The third-order valence-corrected chi connectivity index (χ3v) is 3.42. The van der Waals surface area contributed by atoms with Crippen molar-refractivity contribution >= 4 is 17.4 Å². The molecule has 1 atom stereocenters. The van der Waals surface area contributed by atoms with E-state index in [4.69, 9.17) is 5.26 Å². The number of aliphatic hydroxyl groups excluding tert-OH is 1. The number of alkyl halides is 3. The molecule has 1 heterocycles. The van der Waals surface area contributed by atoms with E-state index in [2.05, 4.69) is 10.4 Å². The Kier molecular flexibility index (Phi) is 5.42. The number of amides is 1. The summed E-state index contributed by atoms with van der Waals surface area (Å²) in [5.41, 5.74) is -1.69. The molecule has 0 unspecified atom stereocenters. The Hall–Kier alpha value is -3.19. The maximum atomic E-state index is 12.9. The van der Waals surface area contributed by atoms with Gasteiger partial charge in [0.25, 0.3) is 5.91 Å². The molecule has 0 aliphatic carbocycles. The number of hydrogen-bond acceptors (Lipinski definition) is 5. The number of aromatic nitrogens is 2. The number of aliphatic hydroxyl groups is 1. The van der Waals surface area contributed by atoms with E-state index >= 15 is 0 Å². The van der Waals surface area contributed by atoms with Gasteiger partial charge in [0.1, 0.15) is 0 Å². The molecule has 0 saturated carbocycles. The molecule has 0 fully saturated rings. The number of rotatable bonds is 5. The van der Waals surface area contributed by atoms with Crippen molar-refractivity contribution in [1.29, 1.82) is 5.26 Å². The lowest BCUT2D eigenvalue weighted by Crippen LogP contribution is -2.32. The average molecular weight is 366 g/mol. The van der Waals surface area contributed by atoms with Crippen LogP contribution in [0.15, 0.2) is 30.6 Å². The third kappa shape index (κ3) is 4.46. The molecule has 136 valence electrons. The van der Waals surface area contributed by atoms with Gasteiger partial charge >= 0.3 is 6.18 Å². The normalized spacial score (nSPS) is 12.3. The van der Waals surface area contributed by atoms with Crippen LogP contribution in [0.25, 0.3) is 0 Å². The maximum absolute atomic E-state index is 12.9. The summed E-state index contributed by atoms with van der Waals surface area (Å²) in [5, 5.41) is 24.6. The lowest BCUT2D eigenvalue weighted by molar-refractivity contribution is -0.137. The van der Waals surface area contributed by atoms with Gasteiger partial charge in [-0.25, -0.2) is 0 Å². The predicted molar refractivity (Wildman–Crippen MR) is 83.0 cm³/mol. The van der Waals surface area contributed by atoms with Gasteiger partial charge in [-0.15, -0.1) is 0 Å². The largest absolute Gasteiger partial charge is 0.417 e. The minimum atomic E-state index is -4.76. The summed E-state index contributed by atoms with van der Waals surface area (Å²) in [6.45, 7) is 1.04. The van der Waals surface area contributed by atoms with Crippen LogP contribution in [0, 0.1) is 11.3 Å². The molecule has 1 aromatic carbocycles. The van der Waals surface area contributed by atoms with Gasteiger partial charge in [-0.1, -0.05) is 0 Å². The Morgan fingerprint density at radius 3 is 2.65 bits per heavy atom. The zero-order valence-electron chi connectivity index (χ0n) is 13.4. The van der Waals surface area contributed by atoms with Crippen LogP contribution in [0.5, 0.6) is 0 Å². The molecule has 0 aliphatic heterocycles. The summed E-state index contributed by atoms with van der Waals surface area (Å²) >= 11 is 0. The molecule has 0 radical (unpaired) electrons. The molecular formula is C16H13F3N4O3. The molecular weight excluding hydrogens is 353 g/mol. The second kappa shape index (κ2) is 7.37. The van der Waals surface area contributed by atoms with Crippen LogP contribution in [-0.4, -0.2) is 32.7 Å². The third-order valence-electron chi connectivity index (χ3n) is 3.42. The maximum Gasteiger partial charge on any atom is 0.417 e. The Morgan fingerprint density at radius 1 is 1.42 bits per heavy atom. The summed E-state index contributed by atoms with van der Waals surface area (Å²) < 4.78 is 39.9. The van der Waals surface area contributed by atoms with Crippen LogP contribution in [0.1, 0.15) is 28.4 Å². The minimum Gasteiger partial charge on any atom is -0.381 e. The number of ketones is 1. The Bertz CT molecular complexity index is 884. The van der Waals surface area contributed by atoms with Crippen LogP contribution < -0.4 is 5.32 Å². The SMILES string of the molecule is CC(=O)c1cnn(C[C@H](O)C(=O)Nc2ccc(C#N)c(C(F)(F)F)c2)c1. The number of nitriles is 1. The molecule has 26 heavy (non-hydrogen) atoms. The summed E-state index contributed by atoms with van der Waals surface area (Å²) in [4.78, 5) is 23.1. The van der Waals surface area contributed by atoms with Crippen molar-refractivity contribution in [3.63, 3.8) is 0 Å². The highest BCUT2D eigenvalue weighted by Gasteiger charge is 2.34. The quantitative estimate of drug-likeness (QED) is 0.787. The van der Waals surface area contributed by atoms with Crippen LogP contribution in [0.4, 0.5) is 18.9 Å². The first-order chi connectivity index (χ1) is 12.1. The van der Waals surface area contributed by atoms with Crippen molar-refractivity contribution < 1.29 is 27.9 Å². The monoisotopic (exact) mass is 366 g/mol. The van der Waals surface area contributed by atoms with Crippen molar-refractivity contribution in [2.24, 2.45) is 0 Å². The molecule has 2 rings (SSSR count). The van der Waals surface area contributed by atoms with Gasteiger partial charge in [0.15, 0.2) is 11.9 Å². The molecule has 0 spiro atoms. The number of nitrogens with zero attached hydrogens (tertiary/aromatic N) is 3. The van der Waals surface area contributed by atoms with Gasteiger partial charge in [0, 0.05) is 11.9 Å². The van der Waals surface area contributed by atoms with E-state index in [1.807, 2.05) is 0 Å². The fraction of sp³-hybridized carbons (Fsp3) is 0.250. The molecule has 7 nitrogen and oxygen atoms in total. The molecule has 0 saturated heterocycles. The fourth-order valence-corrected chi connectivity index (χ4v) is 2.08. The van der Waals surface area contributed by atoms with Crippen LogP contribution in [0.2, 0.25) is 0 Å². The van der Waals surface area contributed by atoms with Crippen LogP contribution >= 0.6 is 0 Å². The number of anilines is 1. The van der Waals surface area contributed by atoms with Gasteiger partial charge in [0.2, 0.25) is 0 Å². The lowest BCUT2D eigenvalue weighted by atomic mass is 10.1. The number of Topliss-reactive ketones (excluding diaryl/α,β-unsaturated/α-hetero) is 1. The van der Waals surface area contributed by atoms with E-state index in [1.165, 1.54) is 30.1 Å². The topological polar surface area (TPSA) is 108 Å². The number of halogens is 3. The Balaban J connectivity index is 2.11. The van der Waals surface area contributed by atoms with E-state index < -0.39 is 29.3 Å². The highest BCUT2D eigenvalue weighted by molar-refractivity contribution is 5.94. The molecule has 2 aromatic rings. The van der Waals surface area contributed by atoms with Crippen molar-refractivity contribution in [3.05, 3.63) is 47.3 Å². The predicted octanol–water partition coefficient (Wildman–Crippen LogP) is 1.98. The number of benzene rings is 1. The van der Waals surface area contributed by atoms with Crippen molar-refractivity contribution in [2.45, 2.75) is 25.7 Å². The molecule has 1 aromatic heterocycles. The second-order valence-corrected chi connectivity index (χ2v) is 5.38. The van der Waals surface area contributed by atoms with Crippen LogP contribution in [0.3, 0.4) is 0 Å². The highest BCUT2D eigenvalue weighted by atomic mass is 19.4. The van der Waals surface area contributed by atoms with Gasteiger partial charge < -0.3 is 10.4 Å². The van der Waals surface area contributed by atoms with E-state index in [0.717, 1.165) is 12.1 Å². The number of carbonyl (C=O) groups excluding carboxylic acids is 2. The minimum absolute atomic E-state index is 0.217. The van der Waals surface area contributed by atoms with Crippen molar-refractivity contribution in [2.75, 3.05) is 5.32 Å². The standard InChI is InChI=1S/C16H13F3N4O3/c1-9(24)11-6-21-23(7-11)8-14(25)15(26)22-12-3-2-10(5-20)13(4-12)16(17,18)19/h2-4,6-7,14,25H,8H2,1H3,(H,22,26)/t14-/m0/s1. The van der Waals surface area contributed by atoms with E-state index in [9.17, 15) is 27.9 Å². The van der Waals surface area contributed by atoms with Crippen LogP contribution in [-0.2, 0) is 17.5 Å². The number of hydrogen-bond donors (Lipinski definition) is 2. The van der Waals surface area contributed by atoms with E-state index in [0.29, 0.717) is 11.6 Å². The fourth-order valence-electron chi connectivity index (χ4n) is 2.08. The smallest absolute Gasteiger partial charge is 0.381 e. The number of nitrogens with one attached hydrogen (secondary N) is 1. The first-order valence-electron chi connectivity index (χ1n) is 7.25. The Labute approximate surface area is 145 Å². The summed E-state index contributed by atoms with van der Waals surface area (Å²) in [7, 11) is 0. The number of carbonyl (C=O) groups is 2. The molecule has 2 N–H and O–H groups in total. The highest BCUT2D eigenvalue weighted by Crippen LogP contribution is 2.33. The lowest BCUT2D eigenvalue weighted by Gasteiger charge is -2.14. The van der Waals surface area contributed by atoms with Gasteiger partial charge in [-0.05, 0) is 25.1 Å². The summed E-state index contributed by atoms with van der Waals surface area (Å²) in [5.74, 6) is -1.20. The molecule has 0 aliphatic rings. The van der Waals surface area contributed by atoms with E-state index in [-0.39, 0.29) is 18.0 Å². The van der Waals surface area contributed by atoms with E-state index in [1.54, 1.807) is 0 Å². The zero-order chi connectivity index (χ0) is 19.5. The molecule has 0 bridgehead atoms. The van der Waals surface area contributed by atoms with Gasteiger partial charge in [-0.2, -0.15) is 23.5 Å². The van der Waals surface area contributed by atoms with Crippen molar-refractivity contribution in [3.8, 4) is 6.07 Å². The first-order valence-corrected chi connectivity index (χ1v) is 7.25. The average Bonchev–Trinajstić information content (AvgIpc) is 3.02. The first kappa shape index (κ1) is 19.1.